The van der Waals surface area contributed by atoms with E-state index in [9.17, 15) is 4.79 Å². The van der Waals surface area contributed by atoms with Crippen molar-refractivity contribution in [2.75, 3.05) is 13.2 Å². The molecule has 0 unspecified atom stereocenters. The van der Waals surface area contributed by atoms with Gasteiger partial charge in [-0.2, -0.15) is 0 Å². The molecule has 0 bridgehead atoms. The Morgan fingerprint density at radius 2 is 2.16 bits per heavy atom. The lowest BCUT2D eigenvalue weighted by atomic mass is 9.76. The van der Waals surface area contributed by atoms with Crippen LogP contribution < -0.4 is 11.1 Å². The third-order valence-corrected chi connectivity index (χ3v) is 3.69. The number of carbonyl (C=O) groups excluding carboxylic acids is 1. The highest BCUT2D eigenvalue weighted by Gasteiger charge is 2.39. The van der Waals surface area contributed by atoms with Gasteiger partial charge in [-0.05, 0) is 38.0 Å². The third kappa shape index (κ3) is 4.38. The molecule has 110 valence electrons. The quantitative estimate of drug-likeness (QED) is 0.222. The van der Waals surface area contributed by atoms with Gasteiger partial charge in [0.05, 0.1) is 0 Å². The van der Waals surface area contributed by atoms with Gasteiger partial charge >= 0.3 is 0 Å². The van der Waals surface area contributed by atoms with Crippen molar-refractivity contribution in [3.05, 3.63) is 0 Å². The van der Waals surface area contributed by atoms with E-state index in [2.05, 4.69) is 17.4 Å². The maximum Gasteiger partial charge on any atom is 0.246 e. The first-order valence-corrected chi connectivity index (χ1v) is 6.91. The van der Waals surface area contributed by atoms with Crippen LogP contribution in [-0.4, -0.2) is 35.7 Å². The molecule has 1 fully saturated rings. The lowest BCUT2D eigenvalue weighted by Gasteiger charge is -2.38. The fourth-order valence-corrected chi connectivity index (χ4v) is 2.41. The number of nitrogens with one attached hydrogen (secondary N) is 1. The summed E-state index contributed by atoms with van der Waals surface area (Å²) in [6.07, 6.45) is 4.17. The maximum absolute atomic E-state index is 11.9. The summed E-state index contributed by atoms with van der Waals surface area (Å²) >= 11 is 0. The van der Waals surface area contributed by atoms with E-state index in [0.717, 1.165) is 19.3 Å². The minimum absolute atomic E-state index is 0.0177. The van der Waals surface area contributed by atoms with Gasteiger partial charge in [0.1, 0.15) is 12.1 Å². The first-order chi connectivity index (χ1) is 9.04. The normalized spacial score (nSPS) is 28.1. The van der Waals surface area contributed by atoms with E-state index in [1.165, 1.54) is 0 Å². The predicted octanol–water partition coefficient (Wildman–Crippen LogP) is 1.22. The van der Waals surface area contributed by atoms with Crippen LogP contribution in [0, 0.1) is 5.92 Å². The number of nitrogens with zero attached hydrogens (tertiary/aromatic N) is 1. The van der Waals surface area contributed by atoms with Crippen molar-refractivity contribution in [1.29, 1.82) is 0 Å². The Morgan fingerprint density at radius 1 is 1.53 bits per heavy atom. The van der Waals surface area contributed by atoms with Crippen molar-refractivity contribution in [3.8, 4) is 0 Å². The van der Waals surface area contributed by atoms with Crippen LogP contribution in [0.5, 0.6) is 0 Å². The highest BCUT2D eigenvalue weighted by atomic mass is 16.5. The smallest absolute Gasteiger partial charge is 0.246 e. The van der Waals surface area contributed by atoms with Crippen LogP contribution in [0.25, 0.3) is 0 Å². The number of amidine groups is 1. The minimum Gasteiger partial charge on any atom is -0.409 e. The molecule has 0 aromatic carbocycles. The molecule has 0 saturated heterocycles. The molecule has 0 aromatic rings. The van der Waals surface area contributed by atoms with E-state index in [4.69, 9.17) is 15.7 Å². The molecular formula is C13H25N3O3. The topological polar surface area (TPSA) is 96.9 Å². The van der Waals surface area contributed by atoms with Crippen LogP contribution >= 0.6 is 0 Å². The van der Waals surface area contributed by atoms with Crippen LogP contribution in [0.4, 0.5) is 0 Å². The van der Waals surface area contributed by atoms with Gasteiger partial charge in [-0.25, -0.2) is 0 Å². The number of nitrogens with two attached hydrogens (primary N) is 1. The molecule has 1 rings (SSSR count). The fourth-order valence-electron chi connectivity index (χ4n) is 2.41. The van der Waals surface area contributed by atoms with Gasteiger partial charge in [-0.1, -0.05) is 19.0 Å². The largest absolute Gasteiger partial charge is 0.409 e. The van der Waals surface area contributed by atoms with Crippen molar-refractivity contribution in [2.45, 2.75) is 51.5 Å². The van der Waals surface area contributed by atoms with Gasteiger partial charge in [0.25, 0.3) is 0 Å². The first-order valence-electron chi connectivity index (χ1n) is 6.91. The second kappa shape index (κ2) is 7.33. The van der Waals surface area contributed by atoms with Gasteiger partial charge in [-0.3, -0.25) is 4.79 Å². The standard InChI is InChI=1S/C13H25N3O3/c1-3-8-19-9-11(17)15-13(12(14)16-18)6-4-10(2)5-7-13/h10,18H,3-9H2,1-2H3,(H2,14,16)(H,15,17). The summed E-state index contributed by atoms with van der Waals surface area (Å²) in [5.41, 5.74) is 5.06. The zero-order valence-electron chi connectivity index (χ0n) is 11.8. The summed E-state index contributed by atoms with van der Waals surface area (Å²) < 4.78 is 5.21. The molecule has 1 aliphatic rings. The number of amides is 1. The van der Waals surface area contributed by atoms with Gasteiger partial charge in [-0.15, -0.1) is 0 Å². The van der Waals surface area contributed by atoms with Gasteiger partial charge in [0, 0.05) is 6.61 Å². The Hall–Kier alpha value is -1.30. The third-order valence-electron chi connectivity index (χ3n) is 3.69. The van der Waals surface area contributed by atoms with Crippen LogP contribution in [0.1, 0.15) is 46.0 Å². The summed E-state index contributed by atoms with van der Waals surface area (Å²) in [6.45, 7) is 4.73. The zero-order valence-corrected chi connectivity index (χ0v) is 11.8. The van der Waals surface area contributed by atoms with Crippen LogP contribution in [0.15, 0.2) is 5.16 Å². The van der Waals surface area contributed by atoms with Gasteiger partial charge in [0.15, 0.2) is 5.84 Å². The molecule has 1 aliphatic carbocycles. The van der Waals surface area contributed by atoms with Crippen LogP contribution in [-0.2, 0) is 9.53 Å². The molecule has 19 heavy (non-hydrogen) atoms. The Labute approximate surface area is 114 Å². The summed E-state index contributed by atoms with van der Waals surface area (Å²) in [5, 5.41) is 14.9. The maximum atomic E-state index is 11.9. The summed E-state index contributed by atoms with van der Waals surface area (Å²) in [6, 6.07) is 0. The van der Waals surface area contributed by atoms with E-state index < -0.39 is 5.54 Å². The van der Waals surface area contributed by atoms with Gasteiger partial charge in [0.2, 0.25) is 5.91 Å². The molecule has 0 heterocycles. The van der Waals surface area contributed by atoms with E-state index in [1.807, 2.05) is 6.92 Å². The molecule has 0 radical (unpaired) electrons. The molecule has 0 atom stereocenters. The first kappa shape index (κ1) is 15.8. The fraction of sp³-hybridized carbons (Fsp3) is 0.846. The average Bonchev–Trinajstić information content (AvgIpc) is 2.41. The second-order valence-electron chi connectivity index (χ2n) is 5.35. The molecule has 0 spiro atoms. The molecule has 4 N–H and O–H groups in total. The number of carbonyl (C=O) groups is 1. The number of oxime groups is 1. The highest BCUT2D eigenvalue weighted by molar-refractivity contribution is 5.94. The van der Waals surface area contributed by atoms with Crippen LogP contribution in [0.3, 0.4) is 0 Å². The summed E-state index contributed by atoms with van der Waals surface area (Å²) in [7, 11) is 0. The molecule has 1 saturated carbocycles. The SMILES string of the molecule is CCCOCC(=O)NC1(C(N)=NO)CCC(C)CC1. The lowest BCUT2D eigenvalue weighted by molar-refractivity contribution is -0.127. The summed E-state index contributed by atoms with van der Waals surface area (Å²) in [4.78, 5) is 11.9. The van der Waals surface area contributed by atoms with Crippen molar-refractivity contribution >= 4 is 11.7 Å². The van der Waals surface area contributed by atoms with Crippen molar-refractivity contribution in [1.82, 2.24) is 5.32 Å². The van der Waals surface area contributed by atoms with E-state index in [-0.39, 0.29) is 18.3 Å². The molecule has 0 aliphatic heterocycles. The Bertz CT molecular complexity index is 323. The monoisotopic (exact) mass is 271 g/mol. The van der Waals surface area contributed by atoms with Crippen molar-refractivity contribution in [3.63, 3.8) is 0 Å². The summed E-state index contributed by atoms with van der Waals surface area (Å²) in [5.74, 6) is 0.478. The van der Waals surface area contributed by atoms with E-state index in [1.54, 1.807) is 0 Å². The molecule has 0 aromatic heterocycles. The minimum atomic E-state index is -0.714. The molecule has 6 heteroatoms. The van der Waals surface area contributed by atoms with E-state index in [0.29, 0.717) is 25.4 Å². The Kier molecular flexibility index (Phi) is 6.08. The highest BCUT2D eigenvalue weighted by Crippen LogP contribution is 2.32. The zero-order chi connectivity index (χ0) is 14.3. The van der Waals surface area contributed by atoms with Crippen molar-refractivity contribution < 1.29 is 14.7 Å². The Balaban J connectivity index is 2.63. The lowest BCUT2D eigenvalue weighted by Crippen LogP contribution is -2.59. The van der Waals surface area contributed by atoms with Gasteiger partial charge < -0.3 is 21.0 Å². The number of hydrogen-bond donors (Lipinski definition) is 3. The number of hydrogen-bond acceptors (Lipinski definition) is 4. The van der Waals surface area contributed by atoms with Crippen LogP contribution in [0.2, 0.25) is 0 Å². The molecule has 6 nitrogen and oxygen atoms in total. The van der Waals surface area contributed by atoms with Crippen molar-refractivity contribution in [2.24, 2.45) is 16.8 Å². The number of ether oxygens (including phenoxy) is 1. The molecular weight excluding hydrogens is 246 g/mol. The average molecular weight is 271 g/mol. The molecule has 1 amide bonds. The Morgan fingerprint density at radius 3 is 2.68 bits per heavy atom. The second-order valence-corrected chi connectivity index (χ2v) is 5.35. The van der Waals surface area contributed by atoms with E-state index >= 15 is 0 Å². The predicted molar refractivity (Wildman–Crippen MR) is 73.0 cm³/mol. The number of rotatable bonds is 6.